The minimum absolute atomic E-state index is 0.0409. The zero-order valence-electron chi connectivity index (χ0n) is 17.5. The standard InChI is InChI=1S/C22H27N5O4/c1-31-22(30)18(8-4-5-13-23)24-21(29)12-10-15-9-11-20(28)19(14-15)27-25-16-6-2-3-7-17(16)26-27/h2-3,6-7,9,11,14,18,28H,4-5,8,10,12-13,23H2,1H3,(H,24,29)/t18-/m0/s1. The number of methoxy groups -OCH3 is 1. The van der Waals surface area contributed by atoms with E-state index in [0.29, 0.717) is 25.1 Å². The molecule has 9 heteroatoms. The molecule has 3 aromatic rings. The SMILES string of the molecule is COC(=O)[C@H](CCCCN)NC(=O)CCc1ccc(O)c(-n2nc3ccccc3n2)c1. The normalized spacial score (nSPS) is 11.9. The molecule has 3 rings (SSSR count). The first-order chi connectivity index (χ1) is 15.0. The first-order valence-electron chi connectivity index (χ1n) is 10.2. The summed E-state index contributed by atoms with van der Waals surface area (Å²) in [5.41, 5.74) is 8.20. The number of ether oxygens (including phenoxy) is 1. The van der Waals surface area contributed by atoms with E-state index in [1.54, 1.807) is 18.2 Å². The second kappa shape index (κ2) is 10.5. The number of aryl methyl sites for hydroxylation is 1. The number of hydrogen-bond donors (Lipinski definition) is 3. The number of nitrogens with one attached hydrogen (secondary N) is 1. The van der Waals surface area contributed by atoms with Crippen LogP contribution in [0.2, 0.25) is 0 Å². The second-order valence-electron chi connectivity index (χ2n) is 7.23. The van der Waals surface area contributed by atoms with Gasteiger partial charge >= 0.3 is 5.97 Å². The molecule has 31 heavy (non-hydrogen) atoms. The van der Waals surface area contributed by atoms with Crippen molar-refractivity contribution in [2.45, 2.75) is 38.1 Å². The number of unbranched alkanes of at least 4 members (excludes halogenated alkanes) is 1. The third kappa shape index (κ3) is 5.79. The Kier molecular flexibility index (Phi) is 7.55. The van der Waals surface area contributed by atoms with Gasteiger partial charge in [-0.15, -0.1) is 15.0 Å². The van der Waals surface area contributed by atoms with E-state index in [-0.39, 0.29) is 18.1 Å². The van der Waals surface area contributed by atoms with Gasteiger partial charge in [0.2, 0.25) is 5.91 Å². The van der Waals surface area contributed by atoms with Crippen molar-refractivity contribution in [3.63, 3.8) is 0 Å². The number of amides is 1. The predicted octanol–water partition coefficient (Wildman–Crippen LogP) is 1.85. The molecule has 0 saturated heterocycles. The lowest BCUT2D eigenvalue weighted by atomic mass is 10.1. The van der Waals surface area contributed by atoms with Crippen molar-refractivity contribution < 1.29 is 19.4 Å². The summed E-state index contributed by atoms with van der Waals surface area (Å²) in [6, 6.07) is 11.8. The van der Waals surface area contributed by atoms with Gasteiger partial charge in [-0.2, -0.15) is 0 Å². The van der Waals surface area contributed by atoms with Crippen LogP contribution in [0.1, 0.15) is 31.2 Å². The molecule has 2 aromatic carbocycles. The van der Waals surface area contributed by atoms with E-state index >= 15 is 0 Å². The van der Waals surface area contributed by atoms with Gasteiger partial charge in [-0.05, 0) is 62.1 Å². The molecule has 0 spiro atoms. The number of aromatic nitrogens is 3. The van der Waals surface area contributed by atoms with Gasteiger partial charge in [0.1, 0.15) is 28.5 Å². The molecule has 0 saturated carbocycles. The summed E-state index contributed by atoms with van der Waals surface area (Å²) in [6.07, 6.45) is 2.59. The molecule has 164 valence electrons. The molecule has 0 unspecified atom stereocenters. The lowest BCUT2D eigenvalue weighted by molar-refractivity contribution is -0.145. The highest BCUT2D eigenvalue weighted by Gasteiger charge is 2.21. The van der Waals surface area contributed by atoms with Gasteiger partial charge in [0.05, 0.1) is 7.11 Å². The Morgan fingerprint density at radius 3 is 2.52 bits per heavy atom. The van der Waals surface area contributed by atoms with E-state index in [2.05, 4.69) is 15.5 Å². The number of carbonyl (C=O) groups is 2. The molecular formula is C22H27N5O4. The van der Waals surface area contributed by atoms with Crippen LogP contribution in [-0.2, 0) is 20.7 Å². The summed E-state index contributed by atoms with van der Waals surface area (Å²) in [4.78, 5) is 25.7. The summed E-state index contributed by atoms with van der Waals surface area (Å²) >= 11 is 0. The number of carbonyl (C=O) groups excluding carboxylic acids is 2. The summed E-state index contributed by atoms with van der Waals surface area (Å²) < 4.78 is 4.78. The lowest BCUT2D eigenvalue weighted by Gasteiger charge is -2.16. The Labute approximate surface area is 180 Å². The topological polar surface area (TPSA) is 132 Å². The molecular weight excluding hydrogens is 398 g/mol. The molecule has 1 aromatic heterocycles. The fourth-order valence-corrected chi connectivity index (χ4v) is 3.26. The van der Waals surface area contributed by atoms with Gasteiger partial charge in [-0.1, -0.05) is 18.2 Å². The van der Waals surface area contributed by atoms with Gasteiger partial charge in [-0.3, -0.25) is 4.79 Å². The third-order valence-corrected chi connectivity index (χ3v) is 4.95. The molecule has 0 fully saturated rings. The fourth-order valence-electron chi connectivity index (χ4n) is 3.26. The highest BCUT2D eigenvalue weighted by Crippen LogP contribution is 2.23. The molecule has 0 radical (unpaired) electrons. The van der Waals surface area contributed by atoms with Crippen LogP contribution < -0.4 is 11.1 Å². The average Bonchev–Trinajstić information content (AvgIpc) is 3.21. The minimum Gasteiger partial charge on any atom is -0.506 e. The van der Waals surface area contributed by atoms with Crippen LogP contribution in [0.5, 0.6) is 5.75 Å². The number of nitrogens with zero attached hydrogens (tertiary/aromatic N) is 3. The molecule has 1 atom stereocenters. The smallest absolute Gasteiger partial charge is 0.328 e. The van der Waals surface area contributed by atoms with Gasteiger partial charge in [0.25, 0.3) is 0 Å². The quantitative estimate of drug-likeness (QED) is 0.333. The first-order valence-corrected chi connectivity index (χ1v) is 10.2. The molecule has 0 aliphatic heterocycles. The van der Waals surface area contributed by atoms with E-state index in [9.17, 15) is 14.7 Å². The Morgan fingerprint density at radius 1 is 1.16 bits per heavy atom. The largest absolute Gasteiger partial charge is 0.506 e. The van der Waals surface area contributed by atoms with E-state index < -0.39 is 12.0 Å². The van der Waals surface area contributed by atoms with Crippen LogP contribution in [0.25, 0.3) is 16.7 Å². The fraction of sp³-hybridized carbons (Fsp3) is 0.364. The maximum Gasteiger partial charge on any atom is 0.328 e. The third-order valence-electron chi connectivity index (χ3n) is 4.95. The predicted molar refractivity (Wildman–Crippen MR) is 116 cm³/mol. The van der Waals surface area contributed by atoms with Crippen LogP contribution in [-0.4, -0.2) is 51.7 Å². The molecule has 4 N–H and O–H groups in total. The number of aromatic hydroxyl groups is 1. The van der Waals surface area contributed by atoms with E-state index in [4.69, 9.17) is 10.5 Å². The molecule has 0 aliphatic carbocycles. The molecule has 9 nitrogen and oxygen atoms in total. The van der Waals surface area contributed by atoms with Gasteiger partial charge in [-0.25, -0.2) is 4.79 Å². The maximum atomic E-state index is 12.4. The van der Waals surface area contributed by atoms with Gasteiger partial charge in [0.15, 0.2) is 0 Å². The highest BCUT2D eigenvalue weighted by atomic mass is 16.5. The van der Waals surface area contributed by atoms with Crippen molar-refractivity contribution >= 4 is 22.9 Å². The number of esters is 1. The monoisotopic (exact) mass is 425 g/mol. The lowest BCUT2D eigenvalue weighted by Crippen LogP contribution is -2.41. The number of rotatable bonds is 10. The zero-order valence-corrected chi connectivity index (χ0v) is 17.5. The number of nitrogens with two attached hydrogens (primary N) is 1. The van der Waals surface area contributed by atoms with Crippen LogP contribution in [0, 0.1) is 0 Å². The number of benzene rings is 2. The zero-order chi connectivity index (χ0) is 22.2. The molecule has 1 amide bonds. The second-order valence-corrected chi connectivity index (χ2v) is 7.23. The minimum atomic E-state index is -0.680. The van der Waals surface area contributed by atoms with Crippen molar-refractivity contribution in [3.8, 4) is 11.4 Å². The Balaban J connectivity index is 1.65. The average molecular weight is 425 g/mol. The van der Waals surface area contributed by atoms with Crippen LogP contribution in [0.3, 0.4) is 0 Å². The van der Waals surface area contributed by atoms with E-state index in [1.165, 1.54) is 11.9 Å². The van der Waals surface area contributed by atoms with Crippen LogP contribution in [0.15, 0.2) is 42.5 Å². The van der Waals surface area contributed by atoms with Crippen LogP contribution in [0.4, 0.5) is 0 Å². The molecule has 1 heterocycles. The number of hydrogen-bond acceptors (Lipinski definition) is 7. The summed E-state index contributed by atoms with van der Waals surface area (Å²) in [6.45, 7) is 0.533. The summed E-state index contributed by atoms with van der Waals surface area (Å²) in [5, 5.41) is 21.8. The molecule has 0 bridgehead atoms. The molecule has 0 aliphatic rings. The summed E-state index contributed by atoms with van der Waals surface area (Å²) in [5.74, 6) is -0.672. The number of phenols is 1. The van der Waals surface area contributed by atoms with Crippen molar-refractivity contribution in [2.75, 3.05) is 13.7 Å². The van der Waals surface area contributed by atoms with Crippen molar-refractivity contribution in [2.24, 2.45) is 5.73 Å². The van der Waals surface area contributed by atoms with Gasteiger partial charge < -0.3 is 20.9 Å². The number of fused-ring (bicyclic) bond motifs is 1. The Morgan fingerprint density at radius 2 is 1.87 bits per heavy atom. The maximum absolute atomic E-state index is 12.4. The van der Waals surface area contributed by atoms with Crippen molar-refractivity contribution in [3.05, 3.63) is 48.0 Å². The van der Waals surface area contributed by atoms with E-state index in [0.717, 1.165) is 29.4 Å². The summed E-state index contributed by atoms with van der Waals surface area (Å²) in [7, 11) is 1.30. The van der Waals surface area contributed by atoms with Gasteiger partial charge in [0, 0.05) is 6.42 Å². The Bertz CT molecular complexity index is 1020. The van der Waals surface area contributed by atoms with Crippen LogP contribution >= 0.6 is 0 Å². The number of phenolic OH excluding ortho intramolecular Hbond substituents is 1. The Hall–Kier alpha value is -3.46. The highest BCUT2D eigenvalue weighted by molar-refractivity contribution is 5.84. The van der Waals surface area contributed by atoms with Crippen molar-refractivity contribution in [1.29, 1.82) is 0 Å². The first kappa shape index (κ1) is 22.2. The van der Waals surface area contributed by atoms with E-state index in [1.807, 2.05) is 24.3 Å². The van der Waals surface area contributed by atoms with Crippen molar-refractivity contribution in [1.82, 2.24) is 20.3 Å².